The van der Waals surface area contributed by atoms with Crippen LogP contribution in [0.15, 0.2) is 46.2 Å². The summed E-state index contributed by atoms with van der Waals surface area (Å²) in [7, 11) is -10.9. The summed E-state index contributed by atoms with van der Waals surface area (Å²) in [6.07, 6.45) is 4.39. The molecule has 0 amide bonds. The lowest BCUT2D eigenvalue weighted by molar-refractivity contribution is 0.480. The minimum absolute atomic E-state index is 0.0165. The monoisotopic (exact) mass is 576 g/mol. The molecule has 2 aromatic carbocycles. The van der Waals surface area contributed by atoms with Gasteiger partial charge in [0.05, 0.1) is 5.69 Å². The number of nitrogens with one attached hydrogen (secondary N) is 3. The molecule has 0 atom stereocenters. The molecule has 1 saturated carbocycles. The third-order valence-corrected chi connectivity index (χ3v) is 8.42. The van der Waals surface area contributed by atoms with Crippen molar-refractivity contribution in [2.24, 2.45) is 0 Å². The van der Waals surface area contributed by atoms with E-state index in [2.05, 4.69) is 15.4 Å². The molecule has 0 unspecified atom stereocenters. The summed E-state index contributed by atoms with van der Waals surface area (Å²) in [5.41, 5.74) is 0.124. The Labute approximate surface area is 215 Å². The van der Waals surface area contributed by atoms with E-state index in [1.807, 2.05) is 0 Å². The lowest BCUT2D eigenvalue weighted by Gasteiger charge is -2.14. The molecule has 16 heteroatoms. The van der Waals surface area contributed by atoms with E-state index in [-0.39, 0.29) is 22.9 Å². The summed E-state index contributed by atoms with van der Waals surface area (Å²) in [4.78, 5) is -1.09. The number of rotatable bonds is 9. The van der Waals surface area contributed by atoms with E-state index in [1.54, 1.807) is 0 Å². The molecule has 36 heavy (non-hydrogen) atoms. The molecule has 12 nitrogen and oxygen atoms in total. The van der Waals surface area contributed by atoms with Crippen molar-refractivity contribution in [2.45, 2.75) is 28.7 Å². The Morgan fingerprint density at radius 2 is 1.36 bits per heavy atom. The van der Waals surface area contributed by atoms with Gasteiger partial charge in [-0.1, -0.05) is 24.3 Å². The van der Waals surface area contributed by atoms with Gasteiger partial charge in [-0.15, -0.1) is 0 Å². The summed E-state index contributed by atoms with van der Waals surface area (Å²) < 4.78 is 94.3. The van der Waals surface area contributed by atoms with Crippen LogP contribution in [0, 0.1) is 0 Å². The highest BCUT2D eigenvalue weighted by molar-refractivity contribution is 7.90. The quantitative estimate of drug-likeness (QED) is 0.167. The third kappa shape index (κ3) is 7.45. The Kier molecular flexibility index (Phi) is 8.09. The summed E-state index contributed by atoms with van der Waals surface area (Å²) in [5, 5.41) is 6.17. The fourth-order valence-electron chi connectivity index (χ4n) is 2.93. The first kappa shape index (κ1) is 28.0. The molecule has 0 bridgehead atoms. The number of thiocarbonyl (C=S) groups is 1. The van der Waals surface area contributed by atoms with E-state index in [4.69, 9.17) is 12.2 Å². The predicted octanol–water partition coefficient (Wildman–Crippen LogP) is 2.02. The summed E-state index contributed by atoms with van der Waals surface area (Å²) >= 11 is 5.17. The predicted molar refractivity (Wildman–Crippen MR) is 140 cm³/mol. The van der Waals surface area contributed by atoms with Crippen LogP contribution in [0.2, 0.25) is 0 Å². The van der Waals surface area contributed by atoms with Crippen molar-refractivity contribution >= 4 is 71.3 Å². The zero-order chi connectivity index (χ0) is 26.9. The first-order valence-electron chi connectivity index (χ1n) is 10.3. The van der Waals surface area contributed by atoms with Gasteiger partial charge < -0.3 is 10.6 Å². The second-order valence-corrected chi connectivity index (χ2v) is 13.1. The number of benzene rings is 2. The highest BCUT2D eigenvalue weighted by Crippen LogP contribution is 2.27. The van der Waals surface area contributed by atoms with Gasteiger partial charge in [-0.05, 0) is 60.5 Å². The van der Waals surface area contributed by atoms with Gasteiger partial charge >= 0.3 is 10.2 Å². The molecule has 0 heterocycles. The van der Waals surface area contributed by atoms with Gasteiger partial charge in [0.1, 0.15) is 9.79 Å². The first-order chi connectivity index (χ1) is 16.6. The molecule has 1 fully saturated rings. The molecule has 2 aromatic rings. The van der Waals surface area contributed by atoms with E-state index in [1.165, 1.54) is 56.6 Å². The normalized spacial score (nSPS) is 14.7. The Balaban J connectivity index is 1.96. The number of hydrogen-bond acceptors (Lipinski definition) is 7. The highest BCUT2D eigenvalue weighted by Gasteiger charge is 2.22. The zero-order valence-corrected chi connectivity index (χ0v) is 22.3. The molecule has 0 aromatic heterocycles. The van der Waals surface area contributed by atoms with Crippen LogP contribution in [0.3, 0.4) is 0 Å². The van der Waals surface area contributed by atoms with Gasteiger partial charge in [0.2, 0.25) is 0 Å². The van der Waals surface area contributed by atoms with Crippen molar-refractivity contribution in [1.29, 1.82) is 0 Å². The minimum Gasteiger partial charge on any atom is -0.360 e. The maximum Gasteiger partial charge on any atom is 0.301 e. The van der Waals surface area contributed by atoms with Gasteiger partial charge in [0.15, 0.2) is 5.11 Å². The van der Waals surface area contributed by atoms with Crippen LogP contribution in [0.4, 0.5) is 11.4 Å². The largest absolute Gasteiger partial charge is 0.360 e. The van der Waals surface area contributed by atoms with E-state index < -0.39 is 40.2 Å². The van der Waals surface area contributed by atoms with Crippen LogP contribution in [0.5, 0.6) is 0 Å². The van der Waals surface area contributed by atoms with Crippen molar-refractivity contribution < 1.29 is 34.4 Å². The Morgan fingerprint density at radius 1 is 0.889 bits per heavy atom. The van der Waals surface area contributed by atoms with Gasteiger partial charge in [0, 0.05) is 25.8 Å². The maximum absolute atomic E-state index is 12.0. The standard InChI is InChI=1S/C20H24N4O8S4/c1-24(2)36(31,32)23-17-8-6-14(19(12-17)35(28,29)30)4-3-13-5-7-16(11-18(13)34(25,26)27)22-20(33)21-15-9-10-15/h3-8,11-12,15,23H,9-10H2,1-2H3,(H2,21,22,33)(H,25,26,27)(H,28,29,30). The van der Waals surface area contributed by atoms with Gasteiger partial charge in [-0.25, -0.2) is 0 Å². The van der Waals surface area contributed by atoms with Crippen LogP contribution < -0.4 is 15.4 Å². The summed E-state index contributed by atoms with van der Waals surface area (Å²) in [6, 6.07) is 7.72. The topological polar surface area (TPSA) is 182 Å². The SMILES string of the molecule is CN(C)S(=O)(=O)Nc1ccc(C=Cc2ccc(NC(=S)NC3CC3)cc2S(=O)(=O)O)c(S(=O)(=O)O)c1. The summed E-state index contributed by atoms with van der Waals surface area (Å²) in [5.74, 6) is 0. The van der Waals surface area contributed by atoms with Gasteiger partial charge in [0.25, 0.3) is 20.2 Å². The molecule has 5 N–H and O–H groups in total. The minimum atomic E-state index is -4.80. The van der Waals surface area contributed by atoms with Crippen molar-refractivity contribution in [1.82, 2.24) is 9.62 Å². The van der Waals surface area contributed by atoms with Gasteiger partial charge in [-0.2, -0.15) is 29.6 Å². The Morgan fingerprint density at radius 3 is 1.81 bits per heavy atom. The molecule has 0 saturated heterocycles. The zero-order valence-electron chi connectivity index (χ0n) is 19.0. The van der Waals surface area contributed by atoms with E-state index in [0.29, 0.717) is 10.8 Å². The Bertz CT molecular complexity index is 1530. The molecular formula is C20H24N4O8S4. The van der Waals surface area contributed by atoms with Crippen molar-refractivity contribution in [3.63, 3.8) is 0 Å². The molecule has 0 spiro atoms. The van der Waals surface area contributed by atoms with Crippen LogP contribution in [0.1, 0.15) is 24.0 Å². The average Bonchev–Trinajstić information content (AvgIpc) is 3.55. The second kappa shape index (κ2) is 10.4. The van der Waals surface area contributed by atoms with E-state index in [9.17, 15) is 34.4 Å². The first-order valence-corrected chi connectivity index (χ1v) is 15.0. The second-order valence-electron chi connectivity index (χ2n) is 8.05. The van der Waals surface area contributed by atoms with Gasteiger partial charge in [-0.3, -0.25) is 13.8 Å². The van der Waals surface area contributed by atoms with Crippen molar-refractivity contribution in [3.8, 4) is 0 Å². The van der Waals surface area contributed by atoms with Crippen LogP contribution in [-0.2, 0) is 30.4 Å². The lowest BCUT2D eigenvalue weighted by Crippen LogP contribution is -2.30. The van der Waals surface area contributed by atoms with E-state index >= 15 is 0 Å². The highest BCUT2D eigenvalue weighted by atomic mass is 32.2. The summed E-state index contributed by atoms with van der Waals surface area (Å²) in [6.45, 7) is 0. The number of nitrogens with zero attached hydrogens (tertiary/aromatic N) is 1. The third-order valence-electron chi connectivity index (χ3n) is 4.92. The average molecular weight is 577 g/mol. The van der Waals surface area contributed by atoms with Crippen molar-refractivity contribution in [2.75, 3.05) is 24.1 Å². The molecule has 196 valence electrons. The van der Waals surface area contributed by atoms with Crippen LogP contribution >= 0.6 is 12.2 Å². The molecule has 1 aliphatic rings. The molecule has 0 radical (unpaired) electrons. The fourth-order valence-corrected chi connectivity index (χ4v) is 5.24. The number of anilines is 2. The van der Waals surface area contributed by atoms with E-state index in [0.717, 1.165) is 23.2 Å². The van der Waals surface area contributed by atoms with Crippen LogP contribution in [0.25, 0.3) is 12.2 Å². The smallest absolute Gasteiger partial charge is 0.301 e. The molecular weight excluding hydrogens is 553 g/mol. The van der Waals surface area contributed by atoms with Crippen LogP contribution in [-0.4, -0.2) is 63.9 Å². The maximum atomic E-state index is 12.0. The molecule has 0 aliphatic heterocycles. The Hall–Kier alpha value is -2.60. The fraction of sp³-hybridized carbons (Fsp3) is 0.250. The lowest BCUT2D eigenvalue weighted by atomic mass is 10.1. The van der Waals surface area contributed by atoms with Crippen molar-refractivity contribution in [3.05, 3.63) is 47.5 Å². The molecule has 1 aliphatic carbocycles. The molecule has 3 rings (SSSR count). The number of hydrogen-bond donors (Lipinski definition) is 5.